The molecule has 1 aliphatic heterocycles. The molecule has 1 aromatic rings. The zero-order chi connectivity index (χ0) is 20.5. The first-order chi connectivity index (χ1) is 14.0. The molecule has 29 heavy (non-hydrogen) atoms. The second-order valence-corrected chi connectivity index (χ2v) is 7.10. The van der Waals surface area contributed by atoms with Crippen LogP contribution in [0.5, 0.6) is 0 Å². The highest BCUT2D eigenvalue weighted by atomic mass is 16.4. The van der Waals surface area contributed by atoms with Gasteiger partial charge in [0.25, 0.3) is 0 Å². The quantitative estimate of drug-likeness (QED) is 0.311. The summed E-state index contributed by atoms with van der Waals surface area (Å²) >= 11 is 0. The first kappa shape index (κ1) is 18.8. The Morgan fingerprint density at radius 3 is 2.83 bits per heavy atom. The third-order valence-electron chi connectivity index (χ3n) is 5.08. The van der Waals surface area contributed by atoms with E-state index in [0.29, 0.717) is 28.2 Å². The Hall–Kier alpha value is -3.51. The maximum atomic E-state index is 12.0. The summed E-state index contributed by atoms with van der Waals surface area (Å²) in [6, 6.07) is 11.3. The molecule has 0 bridgehead atoms. The first-order valence-corrected chi connectivity index (χ1v) is 9.47. The van der Waals surface area contributed by atoms with Crippen molar-refractivity contribution in [2.75, 3.05) is 7.05 Å². The van der Waals surface area contributed by atoms with Crippen molar-refractivity contribution in [1.82, 2.24) is 0 Å². The number of rotatable bonds is 4. The number of carboxylic acids is 1. The van der Waals surface area contributed by atoms with Crippen molar-refractivity contribution >= 4 is 34.9 Å². The SMILES string of the molecule is C=Nc1ccc2c(C3=CCC(C)C=C3C(=O)O)c3cc/c(=N\[NH2+]C)cc-3oc2c1. The van der Waals surface area contributed by atoms with Gasteiger partial charge >= 0.3 is 5.97 Å². The molecule has 0 fully saturated rings. The number of aliphatic carboxylic acids is 1. The van der Waals surface area contributed by atoms with E-state index >= 15 is 0 Å². The van der Waals surface area contributed by atoms with Crippen LogP contribution in [0.2, 0.25) is 0 Å². The summed E-state index contributed by atoms with van der Waals surface area (Å²) in [6.45, 7) is 5.60. The van der Waals surface area contributed by atoms with E-state index in [-0.39, 0.29) is 5.92 Å². The van der Waals surface area contributed by atoms with Crippen LogP contribution in [0.1, 0.15) is 18.9 Å². The van der Waals surface area contributed by atoms with Gasteiger partial charge in [0.15, 0.2) is 0 Å². The fourth-order valence-corrected chi connectivity index (χ4v) is 3.76. The van der Waals surface area contributed by atoms with E-state index in [0.717, 1.165) is 28.3 Å². The lowest BCUT2D eigenvalue weighted by atomic mass is 9.83. The highest BCUT2D eigenvalue weighted by Crippen LogP contribution is 2.42. The van der Waals surface area contributed by atoms with E-state index in [1.54, 1.807) is 5.43 Å². The average Bonchev–Trinajstić information content (AvgIpc) is 2.72. The summed E-state index contributed by atoms with van der Waals surface area (Å²) in [5.41, 5.74) is 5.77. The van der Waals surface area contributed by atoms with Crippen molar-refractivity contribution in [2.24, 2.45) is 16.0 Å². The Kier molecular flexibility index (Phi) is 4.86. The van der Waals surface area contributed by atoms with Crippen molar-refractivity contribution in [3.63, 3.8) is 0 Å². The van der Waals surface area contributed by atoms with Gasteiger partial charge < -0.3 is 9.52 Å². The van der Waals surface area contributed by atoms with Gasteiger partial charge in [-0.05, 0) is 48.9 Å². The number of fused-ring (bicyclic) bond motifs is 2. The number of hydrogen-bond donors (Lipinski definition) is 2. The van der Waals surface area contributed by atoms with Gasteiger partial charge in [-0.2, -0.15) is 0 Å². The molecule has 3 aliphatic rings. The van der Waals surface area contributed by atoms with Crippen molar-refractivity contribution in [3.8, 4) is 11.3 Å². The molecule has 0 saturated heterocycles. The van der Waals surface area contributed by atoms with Crippen LogP contribution in [0.25, 0.3) is 27.9 Å². The molecule has 2 aliphatic carbocycles. The molecule has 4 rings (SSSR count). The Morgan fingerprint density at radius 1 is 1.28 bits per heavy atom. The fraction of sp³-hybridized carbons (Fsp3) is 0.174. The van der Waals surface area contributed by atoms with Gasteiger partial charge in [0, 0.05) is 28.6 Å². The van der Waals surface area contributed by atoms with Crippen LogP contribution in [-0.2, 0) is 4.79 Å². The van der Waals surface area contributed by atoms with Gasteiger partial charge in [-0.15, -0.1) is 0 Å². The highest BCUT2D eigenvalue weighted by molar-refractivity contribution is 6.12. The topological polar surface area (TPSA) is 91.8 Å². The van der Waals surface area contributed by atoms with Gasteiger partial charge in [0.05, 0.1) is 18.3 Å². The minimum absolute atomic E-state index is 0.179. The summed E-state index contributed by atoms with van der Waals surface area (Å²) in [7, 11) is 1.85. The van der Waals surface area contributed by atoms with Gasteiger partial charge in [0.1, 0.15) is 16.7 Å². The third kappa shape index (κ3) is 3.39. The molecule has 0 radical (unpaired) electrons. The molecule has 1 aromatic carbocycles. The van der Waals surface area contributed by atoms with E-state index in [4.69, 9.17) is 4.42 Å². The molecule has 1 heterocycles. The monoisotopic (exact) mass is 388 g/mol. The van der Waals surface area contributed by atoms with Gasteiger partial charge in [0.2, 0.25) is 0 Å². The lowest BCUT2D eigenvalue weighted by Gasteiger charge is -2.22. The number of carbonyl (C=O) groups is 1. The predicted octanol–water partition coefficient (Wildman–Crippen LogP) is 3.31. The standard InChI is InChI=1S/C23H21N3O3/c1-13-4-7-16(19(10-13)23(27)28)22-17-8-5-14(24-2)11-20(17)29-21-12-15(26-25-3)6-9-18(21)22/h5-13,25H,2,4H2,1,3H3,(H,27,28)/p+1/b26-15+. The van der Waals surface area contributed by atoms with Crippen molar-refractivity contribution < 1.29 is 19.7 Å². The number of quaternary nitrogens is 1. The van der Waals surface area contributed by atoms with E-state index in [9.17, 15) is 9.90 Å². The van der Waals surface area contributed by atoms with Crippen LogP contribution < -0.4 is 10.8 Å². The number of aliphatic imine (C=N–C) groups is 1. The normalized spacial score (nSPS) is 17.3. The second-order valence-electron chi connectivity index (χ2n) is 7.10. The second kappa shape index (κ2) is 7.48. The van der Waals surface area contributed by atoms with Crippen molar-refractivity contribution in [2.45, 2.75) is 13.3 Å². The molecule has 1 atom stereocenters. The van der Waals surface area contributed by atoms with E-state index < -0.39 is 5.97 Å². The summed E-state index contributed by atoms with van der Waals surface area (Å²) in [6.07, 6.45) is 4.63. The molecule has 0 spiro atoms. The molecule has 1 unspecified atom stereocenters. The molecule has 6 heteroatoms. The number of nitrogens with zero attached hydrogens (tertiary/aromatic N) is 2. The Balaban J connectivity index is 2.10. The summed E-state index contributed by atoms with van der Waals surface area (Å²) in [5.74, 6) is -0.111. The van der Waals surface area contributed by atoms with Gasteiger partial charge in [-0.25, -0.2) is 10.2 Å². The number of hydrogen-bond acceptors (Lipinski definition) is 4. The summed E-state index contributed by atoms with van der Waals surface area (Å²) in [4.78, 5) is 16.0. The van der Waals surface area contributed by atoms with Crippen LogP contribution in [0.3, 0.4) is 0 Å². The average molecular weight is 388 g/mol. The van der Waals surface area contributed by atoms with Gasteiger partial charge in [-0.1, -0.05) is 24.2 Å². The minimum Gasteiger partial charge on any atom is -0.478 e. The molecule has 6 nitrogen and oxygen atoms in total. The molecular formula is C23H22N3O3+. The van der Waals surface area contributed by atoms with Crippen LogP contribution in [0.15, 0.2) is 68.6 Å². The first-order valence-electron chi connectivity index (χ1n) is 9.47. The van der Waals surface area contributed by atoms with Crippen LogP contribution >= 0.6 is 0 Å². The third-order valence-corrected chi connectivity index (χ3v) is 5.08. The largest absolute Gasteiger partial charge is 0.478 e. The zero-order valence-electron chi connectivity index (χ0n) is 16.3. The smallest absolute Gasteiger partial charge is 0.335 e. The number of carboxylic acid groups (broad SMARTS) is 1. The van der Waals surface area contributed by atoms with Gasteiger partial charge in [-0.3, -0.25) is 4.99 Å². The predicted molar refractivity (Wildman–Crippen MR) is 113 cm³/mol. The van der Waals surface area contributed by atoms with E-state index in [1.165, 1.54) is 0 Å². The lowest BCUT2D eigenvalue weighted by molar-refractivity contribution is -0.637. The molecule has 3 N–H and O–H groups in total. The Labute approximate surface area is 167 Å². The van der Waals surface area contributed by atoms with Crippen LogP contribution in [-0.4, -0.2) is 24.8 Å². The van der Waals surface area contributed by atoms with Crippen molar-refractivity contribution in [3.05, 3.63) is 65.0 Å². The molecule has 0 amide bonds. The van der Waals surface area contributed by atoms with Crippen LogP contribution in [0.4, 0.5) is 5.69 Å². The van der Waals surface area contributed by atoms with E-state index in [2.05, 4.69) is 16.8 Å². The maximum Gasteiger partial charge on any atom is 0.335 e. The Morgan fingerprint density at radius 2 is 2.10 bits per heavy atom. The molecule has 146 valence electrons. The van der Waals surface area contributed by atoms with Crippen molar-refractivity contribution in [1.29, 1.82) is 0 Å². The summed E-state index contributed by atoms with van der Waals surface area (Å²) < 4.78 is 6.17. The minimum atomic E-state index is -0.929. The van der Waals surface area contributed by atoms with E-state index in [1.807, 2.05) is 62.5 Å². The maximum absolute atomic E-state index is 12.0. The summed E-state index contributed by atoms with van der Waals surface area (Å²) in [5, 5.41) is 15.8. The Bertz CT molecular complexity index is 1230. The fourth-order valence-electron chi connectivity index (χ4n) is 3.76. The molecular weight excluding hydrogens is 366 g/mol. The zero-order valence-corrected chi connectivity index (χ0v) is 16.3. The number of benzene rings is 2. The number of allylic oxidation sites excluding steroid dienone is 2. The van der Waals surface area contributed by atoms with Crippen LogP contribution in [0, 0.1) is 5.92 Å². The highest BCUT2D eigenvalue weighted by Gasteiger charge is 2.26. The molecule has 0 aromatic heterocycles. The molecule has 0 saturated carbocycles. The number of nitrogens with two attached hydrogens (primary N) is 1. The lowest BCUT2D eigenvalue weighted by Crippen LogP contribution is -2.73.